The molecule has 1 fully saturated rings. The second-order valence-electron chi connectivity index (χ2n) is 4.29. The first-order chi connectivity index (χ1) is 7.85. The van der Waals surface area contributed by atoms with Crippen LogP contribution in [0.15, 0.2) is 12.4 Å². The summed E-state index contributed by atoms with van der Waals surface area (Å²) in [5, 5.41) is 9.29. The second-order valence-corrected chi connectivity index (χ2v) is 4.29. The largest absolute Gasteiger partial charge is 0.394 e. The molecule has 1 saturated heterocycles. The standard InChI is InChI=1S/C12H19N3O/c1-2-4-10-7-12(14-9-13-10)15-6-3-5-11(15)8-16/h7,9,11,16H,2-6,8H2,1H3. The van der Waals surface area contributed by atoms with Gasteiger partial charge in [0.05, 0.1) is 12.6 Å². The number of nitrogens with zero attached hydrogens (tertiary/aromatic N) is 3. The summed E-state index contributed by atoms with van der Waals surface area (Å²) in [6.07, 6.45) is 5.92. The van der Waals surface area contributed by atoms with Gasteiger partial charge < -0.3 is 10.0 Å². The van der Waals surface area contributed by atoms with E-state index in [9.17, 15) is 5.11 Å². The summed E-state index contributed by atoms with van der Waals surface area (Å²) in [6.45, 7) is 3.36. The zero-order valence-electron chi connectivity index (χ0n) is 9.76. The zero-order chi connectivity index (χ0) is 11.4. The van der Waals surface area contributed by atoms with Crippen molar-refractivity contribution < 1.29 is 5.11 Å². The summed E-state index contributed by atoms with van der Waals surface area (Å²) in [5.74, 6) is 0.968. The molecule has 4 nitrogen and oxygen atoms in total. The Bertz CT molecular complexity index is 343. The maximum absolute atomic E-state index is 9.29. The Labute approximate surface area is 96.3 Å². The van der Waals surface area contributed by atoms with Gasteiger partial charge in [-0.15, -0.1) is 0 Å². The van der Waals surface area contributed by atoms with E-state index in [1.165, 1.54) is 0 Å². The molecule has 1 aliphatic rings. The lowest BCUT2D eigenvalue weighted by Crippen LogP contribution is -2.32. The van der Waals surface area contributed by atoms with E-state index < -0.39 is 0 Å². The van der Waals surface area contributed by atoms with Crippen molar-refractivity contribution >= 4 is 5.82 Å². The van der Waals surface area contributed by atoms with Crippen LogP contribution in [0.25, 0.3) is 0 Å². The molecule has 4 heteroatoms. The number of anilines is 1. The Morgan fingerprint density at radius 2 is 2.38 bits per heavy atom. The Morgan fingerprint density at radius 1 is 1.50 bits per heavy atom. The van der Waals surface area contributed by atoms with Gasteiger partial charge >= 0.3 is 0 Å². The van der Waals surface area contributed by atoms with Gasteiger partial charge in [-0.05, 0) is 19.3 Å². The number of rotatable bonds is 4. The van der Waals surface area contributed by atoms with Crippen LogP contribution in [-0.4, -0.2) is 34.3 Å². The lowest BCUT2D eigenvalue weighted by atomic mass is 10.2. The molecule has 2 heterocycles. The highest BCUT2D eigenvalue weighted by atomic mass is 16.3. The van der Waals surface area contributed by atoms with E-state index >= 15 is 0 Å². The molecular weight excluding hydrogens is 202 g/mol. The van der Waals surface area contributed by atoms with Crippen LogP contribution in [-0.2, 0) is 6.42 Å². The van der Waals surface area contributed by atoms with E-state index in [1.54, 1.807) is 6.33 Å². The molecule has 0 saturated carbocycles. The van der Waals surface area contributed by atoms with Gasteiger partial charge in [-0.1, -0.05) is 13.3 Å². The van der Waals surface area contributed by atoms with Crippen LogP contribution < -0.4 is 4.90 Å². The molecule has 0 spiro atoms. The van der Waals surface area contributed by atoms with Crippen molar-refractivity contribution in [2.24, 2.45) is 0 Å². The van der Waals surface area contributed by atoms with E-state index in [1.807, 2.05) is 0 Å². The third kappa shape index (κ3) is 2.32. The van der Waals surface area contributed by atoms with Gasteiger partial charge in [-0.2, -0.15) is 0 Å². The summed E-state index contributed by atoms with van der Waals surface area (Å²) in [6, 6.07) is 2.29. The van der Waals surface area contributed by atoms with Crippen molar-refractivity contribution in [3.05, 3.63) is 18.1 Å². The Kier molecular flexibility index (Phi) is 3.72. The topological polar surface area (TPSA) is 49.2 Å². The average molecular weight is 221 g/mol. The second kappa shape index (κ2) is 5.25. The molecule has 0 bridgehead atoms. The fraction of sp³-hybridized carbons (Fsp3) is 0.667. The van der Waals surface area contributed by atoms with Crippen molar-refractivity contribution in [2.45, 2.75) is 38.6 Å². The van der Waals surface area contributed by atoms with Crippen LogP contribution >= 0.6 is 0 Å². The van der Waals surface area contributed by atoms with E-state index in [0.717, 1.165) is 43.7 Å². The molecule has 0 aromatic carbocycles. The predicted molar refractivity (Wildman–Crippen MR) is 63.5 cm³/mol. The van der Waals surface area contributed by atoms with E-state index in [-0.39, 0.29) is 12.6 Å². The summed E-state index contributed by atoms with van der Waals surface area (Å²) >= 11 is 0. The van der Waals surface area contributed by atoms with E-state index in [0.29, 0.717) is 0 Å². The molecule has 0 aliphatic carbocycles. The van der Waals surface area contributed by atoms with Gasteiger partial charge in [0, 0.05) is 18.3 Å². The predicted octanol–water partition coefficient (Wildman–Crippen LogP) is 1.39. The van der Waals surface area contributed by atoms with Crippen LogP contribution in [0.3, 0.4) is 0 Å². The molecule has 1 atom stereocenters. The number of hydrogen-bond acceptors (Lipinski definition) is 4. The SMILES string of the molecule is CCCc1cc(N2CCCC2CO)ncn1. The van der Waals surface area contributed by atoms with Gasteiger partial charge in [-0.25, -0.2) is 9.97 Å². The molecule has 1 unspecified atom stereocenters. The van der Waals surface area contributed by atoms with Crippen molar-refractivity contribution in [3.8, 4) is 0 Å². The van der Waals surface area contributed by atoms with Gasteiger partial charge in [0.25, 0.3) is 0 Å². The van der Waals surface area contributed by atoms with Gasteiger partial charge in [0.1, 0.15) is 12.1 Å². The number of aryl methyl sites for hydroxylation is 1. The average Bonchev–Trinajstić information content (AvgIpc) is 2.78. The third-order valence-electron chi connectivity index (χ3n) is 3.10. The van der Waals surface area contributed by atoms with Crippen molar-refractivity contribution in [1.29, 1.82) is 0 Å². The maximum atomic E-state index is 9.29. The minimum absolute atomic E-state index is 0.215. The summed E-state index contributed by atoms with van der Waals surface area (Å²) in [7, 11) is 0. The number of aliphatic hydroxyl groups is 1. The number of aliphatic hydroxyl groups excluding tert-OH is 1. The highest BCUT2D eigenvalue weighted by molar-refractivity contribution is 5.41. The fourth-order valence-corrected chi connectivity index (χ4v) is 2.26. The van der Waals surface area contributed by atoms with Gasteiger partial charge in [-0.3, -0.25) is 0 Å². The molecule has 0 radical (unpaired) electrons. The molecule has 2 rings (SSSR count). The monoisotopic (exact) mass is 221 g/mol. The summed E-state index contributed by atoms with van der Waals surface area (Å²) in [5.41, 5.74) is 1.09. The summed E-state index contributed by atoms with van der Waals surface area (Å²) in [4.78, 5) is 10.8. The van der Waals surface area contributed by atoms with Crippen molar-refractivity contribution in [3.63, 3.8) is 0 Å². The highest BCUT2D eigenvalue weighted by Gasteiger charge is 2.24. The molecule has 1 aromatic rings. The van der Waals surface area contributed by atoms with Crippen LogP contribution in [0.2, 0.25) is 0 Å². The Morgan fingerprint density at radius 3 is 3.12 bits per heavy atom. The van der Waals surface area contributed by atoms with E-state index in [2.05, 4.69) is 27.9 Å². The molecule has 1 N–H and O–H groups in total. The Balaban J connectivity index is 2.16. The third-order valence-corrected chi connectivity index (χ3v) is 3.10. The van der Waals surface area contributed by atoms with Crippen molar-refractivity contribution in [2.75, 3.05) is 18.1 Å². The minimum atomic E-state index is 0.215. The Hall–Kier alpha value is -1.16. The lowest BCUT2D eigenvalue weighted by Gasteiger charge is -2.24. The first-order valence-electron chi connectivity index (χ1n) is 6.03. The molecular formula is C12H19N3O. The fourth-order valence-electron chi connectivity index (χ4n) is 2.26. The molecule has 88 valence electrons. The maximum Gasteiger partial charge on any atom is 0.132 e. The molecule has 0 amide bonds. The van der Waals surface area contributed by atoms with Gasteiger partial charge in [0.15, 0.2) is 0 Å². The zero-order valence-corrected chi connectivity index (χ0v) is 9.76. The molecule has 1 aliphatic heterocycles. The quantitative estimate of drug-likeness (QED) is 0.834. The molecule has 16 heavy (non-hydrogen) atoms. The van der Waals surface area contributed by atoms with Gasteiger partial charge in [0.2, 0.25) is 0 Å². The van der Waals surface area contributed by atoms with Crippen molar-refractivity contribution in [1.82, 2.24) is 9.97 Å². The summed E-state index contributed by atoms with van der Waals surface area (Å²) < 4.78 is 0. The number of aromatic nitrogens is 2. The van der Waals surface area contributed by atoms with Crippen LogP contribution in [0.1, 0.15) is 31.9 Å². The highest BCUT2D eigenvalue weighted by Crippen LogP contribution is 2.23. The molecule has 1 aromatic heterocycles. The number of hydrogen-bond donors (Lipinski definition) is 1. The van der Waals surface area contributed by atoms with Crippen LogP contribution in [0, 0.1) is 0 Å². The normalized spacial score (nSPS) is 20.4. The smallest absolute Gasteiger partial charge is 0.132 e. The van der Waals surface area contributed by atoms with Crippen LogP contribution in [0.5, 0.6) is 0 Å². The first-order valence-corrected chi connectivity index (χ1v) is 6.03. The lowest BCUT2D eigenvalue weighted by molar-refractivity contribution is 0.266. The minimum Gasteiger partial charge on any atom is -0.394 e. The van der Waals surface area contributed by atoms with Crippen LogP contribution in [0.4, 0.5) is 5.82 Å². The first kappa shape index (κ1) is 11.3. The van der Waals surface area contributed by atoms with E-state index in [4.69, 9.17) is 0 Å².